The first-order chi connectivity index (χ1) is 17.9. The molecule has 1 N–H and O–H groups in total. The van der Waals surface area contributed by atoms with Crippen LogP contribution in [0, 0.1) is 6.92 Å². The summed E-state index contributed by atoms with van der Waals surface area (Å²) in [5, 5.41) is 16.9. The average Bonchev–Trinajstić information content (AvgIpc) is 3.65. The number of methoxy groups -OCH3 is 1. The summed E-state index contributed by atoms with van der Waals surface area (Å²) in [5.41, 5.74) is 6.27. The number of H-pyrrole nitrogens is 1. The summed E-state index contributed by atoms with van der Waals surface area (Å²) >= 11 is 1.05. The number of thiophene rings is 1. The fourth-order valence-corrected chi connectivity index (χ4v) is 5.34. The lowest BCUT2D eigenvalue weighted by Gasteiger charge is -2.11. The highest BCUT2D eigenvalue weighted by Gasteiger charge is 2.23. The maximum Gasteiger partial charge on any atom is 0.337 e. The van der Waals surface area contributed by atoms with Gasteiger partial charge in [-0.15, -0.1) is 21.5 Å². The van der Waals surface area contributed by atoms with Gasteiger partial charge in [-0.2, -0.15) is 5.21 Å². The number of ether oxygens (including phenoxy) is 1. The minimum atomic E-state index is -2.54. The lowest BCUT2D eigenvalue weighted by molar-refractivity contribution is 0.0601. The van der Waals surface area contributed by atoms with Crippen LogP contribution >= 0.6 is 11.3 Å². The molecule has 0 bridgehead atoms. The van der Waals surface area contributed by atoms with Gasteiger partial charge in [0, 0.05) is 34.8 Å². The number of rotatable bonds is 9. The van der Waals surface area contributed by atoms with E-state index in [1.54, 1.807) is 17.5 Å². The van der Waals surface area contributed by atoms with Gasteiger partial charge in [-0.1, -0.05) is 35.0 Å². The number of benzene rings is 2. The van der Waals surface area contributed by atoms with Crippen molar-refractivity contribution in [3.63, 3.8) is 0 Å². The number of tetrazole rings is 1. The van der Waals surface area contributed by atoms with Gasteiger partial charge < -0.3 is 9.30 Å². The van der Waals surface area contributed by atoms with Crippen molar-refractivity contribution < 1.29 is 18.3 Å². The molecule has 10 heteroatoms. The van der Waals surface area contributed by atoms with Gasteiger partial charge >= 0.3 is 5.97 Å². The van der Waals surface area contributed by atoms with Crippen molar-refractivity contribution in [3.8, 4) is 11.3 Å². The number of hydrogen-bond donors (Lipinski definition) is 1. The smallest absolute Gasteiger partial charge is 0.337 e. The van der Waals surface area contributed by atoms with Crippen molar-refractivity contribution in [2.75, 3.05) is 7.11 Å². The zero-order valence-corrected chi connectivity index (χ0v) is 21.2. The van der Waals surface area contributed by atoms with Gasteiger partial charge in [0.2, 0.25) is 0 Å². The Kier molecular flexibility index (Phi) is 7.09. The molecule has 0 atom stereocenters. The first kappa shape index (κ1) is 24.8. The number of esters is 1. The van der Waals surface area contributed by atoms with E-state index in [4.69, 9.17) is 4.74 Å². The van der Waals surface area contributed by atoms with Crippen LogP contribution in [0.3, 0.4) is 0 Å². The Morgan fingerprint density at radius 1 is 1.11 bits per heavy atom. The first-order valence-corrected chi connectivity index (χ1v) is 12.7. The fourth-order valence-electron chi connectivity index (χ4n) is 4.60. The number of fused-ring (bicyclic) bond motifs is 1. The Labute approximate surface area is 216 Å². The second-order valence-corrected chi connectivity index (χ2v) is 9.75. The Hall–Kier alpha value is -3.92. The molecule has 0 saturated carbocycles. The van der Waals surface area contributed by atoms with Crippen LogP contribution in [-0.2, 0) is 30.5 Å². The molecular weight excluding hydrogens is 496 g/mol. The predicted molar refractivity (Wildman–Crippen MR) is 138 cm³/mol. The van der Waals surface area contributed by atoms with Crippen LogP contribution in [0.1, 0.15) is 44.2 Å². The first-order valence-electron chi connectivity index (χ1n) is 11.8. The van der Waals surface area contributed by atoms with Crippen LogP contribution in [0.5, 0.6) is 0 Å². The van der Waals surface area contributed by atoms with Crippen LogP contribution in [0.4, 0.5) is 8.78 Å². The topological polar surface area (TPSA) is 85.7 Å². The van der Waals surface area contributed by atoms with E-state index in [1.165, 1.54) is 18.2 Å². The van der Waals surface area contributed by atoms with Crippen LogP contribution in [0.2, 0.25) is 0 Å². The molecule has 0 radical (unpaired) electrons. The molecule has 0 unspecified atom stereocenters. The normalized spacial score (nSPS) is 11.5. The van der Waals surface area contributed by atoms with E-state index >= 15 is 0 Å². The van der Waals surface area contributed by atoms with Crippen molar-refractivity contribution in [2.24, 2.45) is 0 Å². The van der Waals surface area contributed by atoms with Crippen LogP contribution < -0.4 is 0 Å². The second-order valence-electron chi connectivity index (χ2n) is 8.80. The highest BCUT2D eigenvalue weighted by atomic mass is 32.1. The number of nitrogens with zero attached hydrogens (tertiary/aromatic N) is 4. The molecule has 0 aliphatic rings. The molecule has 0 aliphatic heterocycles. The summed E-state index contributed by atoms with van der Waals surface area (Å²) < 4.78 is 34.2. The summed E-state index contributed by atoms with van der Waals surface area (Å²) in [6.07, 6.45) is -0.632. The van der Waals surface area contributed by atoms with Gasteiger partial charge in [0.1, 0.15) is 0 Å². The monoisotopic (exact) mass is 521 g/mol. The van der Waals surface area contributed by atoms with Gasteiger partial charge in [0.05, 0.1) is 23.2 Å². The average molecular weight is 522 g/mol. The summed E-state index contributed by atoms with van der Waals surface area (Å²) in [7, 11) is 1.35. The third-order valence-corrected chi connectivity index (χ3v) is 7.37. The zero-order chi connectivity index (χ0) is 25.9. The van der Waals surface area contributed by atoms with Crippen molar-refractivity contribution >= 4 is 28.2 Å². The molecule has 7 nitrogen and oxygen atoms in total. The molecule has 0 saturated heterocycles. The predicted octanol–water partition coefficient (Wildman–Crippen LogP) is 5.94. The number of carbonyl (C=O) groups excluding carboxylic acids is 1. The highest BCUT2D eigenvalue weighted by Crippen LogP contribution is 2.39. The molecule has 37 heavy (non-hydrogen) atoms. The minimum absolute atomic E-state index is 0.0182. The number of halogens is 2. The number of aromatic amines is 1. The van der Waals surface area contributed by atoms with Gasteiger partial charge in [-0.25, -0.2) is 13.6 Å². The molecule has 0 amide bonds. The standard InChI is InChI=1S/C27H25F2N5O2S/c1-16-3-5-17(6-4-16)7-9-20-21-13-18(27(35)36-2)8-10-22(21)34(12-11-24-30-32-33-31-24)25(20)19-14-23(26(28)29)37-15-19/h3-6,8,10,13-15,26H,7,9,11-12H2,1-2H3,(H,30,31,32,33). The SMILES string of the molecule is COC(=O)c1ccc2c(c1)c(CCc1ccc(C)cc1)c(-c1csc(C(F)F)c1)n2CCc1nn[nH]n1. The van der Waals surface area contributed by atoms with E-state index in [2.05, 4.69) is 49.5 Å². The summed E-state index contributed by atoms with van der Waals surface area (Å²) in [4.78, 5) is 12.4. The second kappa shape index (κ2) is 10.6. The molecule has 0 spiro atoms. The molecule has 0 aliphatic carbocycles. The fraction of sp³-hybridized carbons (Fsp3) is 0.259. The van der Waals surface area contributed by atoms with E-state index in [9.17, 15) is 13.6 Å². The van der Waals surface area contributed by atoms with Crippen molar-refractivity contribution in [1.29, 1.82) is 0 Å². The molecule has 5 rings (SSSR count). The van der Waals surface area contributed by atoms with Crippen LogP contribution in [0.25, 0.3) is 22.2 Å². The molecule has 5 aromatic rings. The van der Waals surface area contributed by atoms with Crippen molar-refractivity contribution in [1.82, 2.24) is 25.2 Å². The maximum atomic E-state index is 13.5. The maximum absolute atomic E-state index is 13.5. The highest BCUT2D eigenvalue weighted by molar-refractivity contribution is 7.10. The molecule has 0 fully saturated rings. The lowest BCUT2D eigenvalue weighted by Crippen LogP contribution is -2.05. The van der Waals surface area contributed by atoms with Gasteiger partial charge in [0.15, 0.2) is 5.82 Å². The number of hydrogen-bond acceptors (Lipinski definition) is 6. The lowest BCUT2D eigenvalue weighted by atomic mass is 9.98. The van der Waals surface area contributed by atoms with Crippen molar-refractivity contribution in [3.05, 3.63) is 86.9 Å². The number of aromatic nitrogens is 5. The zero-order valence-electron chi connectivity index (χ0n) is 20.4. The molecule has 3 heterocycles. The number of alkyl halides is 2. The van der Waals surface area contributed by atoms with Crippen molar-refractivity contribution in [2.45, 2.75) is 39.2 Å². The largest absolute Gasteiger partial charge is 0.465 e. The van der Waals surface area contributed by atoms with Gasteiger partial charge in [-0.05, 0) is 55.2 Å². The summed E-state index contributed by atoms with van der Waals surface area (Å²) in [6.45, 7) is 2.55. The number of nitrogens with one attached hydrogen (secondary N) is 1. The van der Waals surface area contributed by atoms with E-state index in [0.29, 0.717) is 30.8 Å². The van der Waals surface area contributed by atoms with E-state index in [0.717, 1.165) is 45.5 Å². The van der Waals surface area contributed by atoms with E-state index in [-0.39, 0.29) is 4.88 Å². The minimum Gasteiger partial charge on any atom is -0.465 e. The van der Waals surface area contributed by atoms with Gasteiger partial charge in [0.25, 0.3) is 6.43 Å². The Morgan fingerprint density at radius 3 is 2.59 bits per heavy atom. The van der Waals surface area contributed by atoms with Gasteiger partial charge in [-0.3, -0.25) is 0 Å². The molecular formula is C27H25F2N5O2S. The Balaban J connectivity index is 1.67. The third kappa shape index (κ3) is 5.15. The Morgan fingerprint density at radius 2 is 1.92 bits per heavy atom. The van der Waals surface area contributed by atoms with Crippen LogP contribution in [0.15, 0.2) is 53.9 Å². The summed E-state index contributed by atoms with van der Waals surface area (Å²) in [5.74, 6) is 0.127. The molecule has 3 aromatic heterocycles. The third-order valence-electron chi connectivity index (χ3n) is 6.43. The molecule has 2 aromatic carbocycles. The van der Waals surface area contributed by atoms with E-state index < -0.39 is 12.4 Å². The summed E-state index contributed by atoms with van der Waals surface area (Å²) in [6, 6.07) is 15.4. The van der Waals surface area contributed by atoms with Crippen LogP contribution in [-0.4, -0.2) is 38.3 Å². The molecule has 190 valence electrons. The number of aryl methyl sites for hydroxylation is 5. The van der Waals surface area contributed by atoms with E-state index in [1.807, 2.05) is 19.1 Å². The number of carbonyl (C=O) groups is 1. The quantitative estimate of drug-likeness (QED) is 0.243. The Bertz CT molecular complexity index is 1520.